The van der Waals surface area contributed by atoms with Crippen LogP contribution in [0.1, 0.15) is 10.4 Å². The minimum atomic E-state index is -0.134. The molecular formula is C15H14N6O. The Kier molecular flexibility index (Phi) is 4.05. The summed E-state index contributed by atoms with van der Waals surface area (Å²) in [5.41, 5.74) is 4.19. The van der Waals surface area contributed by atoms with Crippen LogP contribution in [0.2, 0.25) is 0 Å². The molecule has 0 atom stereocenters. The van der Waals surface area contributed by atoms with Crippen LogP contribution in [0, 0.1) is 0 Å². The highest BCUT2D eigenvalue weighted by Gasteiger charge is 2.01. The summed E-state index contributed by atoms with van der Waals surface area (Å²) in [6.07, 6.45) is 5.00. The molecule has 2 aromatic heterocycles. The topological polar surface area (TPSA) is 83.7 Å². The van der Waals surface area contributed by atoms with E-state index in [1.165, 1.54) is 0 Å². The summed E-state index contributed by atoms with van der Waals surface area (Å²) in [7, 11) is 0. The summed E-state index contributed by atoms with van der Waals surface area (Å²) in [6, 6.07) is 12.6. The van der Waals surface area contributed by atoms with Gasteiger partial charge in [-0.1, -0.05) is 18.2 Å². The molecule has 1 aromatic carbocycles. The van der Waals surface area contributed by atoms with E-state index in [-0.39, 0.29) is 5.91 Å². The van der Waals surface area contributed by atoms with Gasteiger partial charge in [0.2, 0.25) is 0 Å². The third-order valence-corrected chi connectivity index (χ3v) is 2.92. The first kappa shape index (κ1) is 13.7. The molecule has 3 rings (SSSR count). The molecule has 7 heteroatoms. The van der Waals surface area contributed by atoms with Gasteiger partial charge < -0.3 is 5.32 Å². The smallest absolute Gasteiger partial charge is 0.251 e. The van der Waals surface area contributed by atoms with Crippen molar-refractivity contribution < 1.29 is 4.79 Å². The van der Waals surface area contributed by atoms with Crippen LogP contribution in [0.5, 0.6) is 0 Å². The number of aromatic nitrogens is 3. The van der Waals surface area contributed by atoms with Crippen molar-refractivity contribution in [3.63, 3.8) is 0 Å². The van der Waals surface area contributed by atoms with Crippen LogP contribution in [-0.2, 0) is 0 Å². The Hall–Kier alpha value is -3.22. The first-order chi connectivity index (χ1) is 10.8. The number of carbonyl (C=O) groups is 1. The molecule has 1 amide bonds. The number of imidazole rings is 1. The summed E-state index contributed by atoms with van der Waals surface area (Å²) < 4.78 is 1.65. The van der Waals surface area contributed by atoms with E-state index in [2.05, 4.69) is 25.9 Å². The third-order valence-electron chi connectivity index (χ3n) is 2.92. The highest BCUT2D eigenvalue weighted by molar-refractivity contribution is 5.95. The predicted molar refractivity (Wildman–Crippen MR) is 83.9 cm³/mol. The molecule has 0 aliphatic rings. The van der Waals surface area contributed by atoms with Crippen molar-refractivity contribution >= 4 is 23.6 Å². The number of hydrogen-bond acceptors (Lipinski definition) is 5. The number of amides is 1. The van der Waals surface area contributed by atoms with Gasteiger partial charge in [0.05, 0.1) is 6.54 Å². The predicted octanol–water partition coefficient (Wildman–Crippen LogP) is 1.56. The van der Waals surface area contributed by atoms with Crippen LogP contribution in [0.3, 0.4) is 0 Å². The van der Waals surface area contributed by atoms with Crippen molar-refractivity contribution in [2.45, 2.75) is 0 Å². The second-order valence-electron chi connectivity index (χ2n) is 4.45. The molecule has 22 heavy (non-hydrogen) atoms. The summed E-state index contributed by atoms with van der Waals surface area (Å²) >= 11 is 0. The van der Waals surface area contributed by atoms with Crippen molar-refractivity contribution in [3.8, 4) is 0 Å². The van der Waals surface area contributed by atoms with E-state index in [1.54, 1.807) is 41.3 Å². The molecule has 0 radical (unpaired) electrons. The normalized spacial score (nSPS) is 10.9. The van der Waals surface area contributed by atoms with Crippen molar-refractivity contribution in [1.82, 2.24) is 19.9 Å². The third kappa shape index (κ3) is 3.26. The summed E-state index contributed by atoms with van der Waals surface area (Å²) in [4.78, 5) is 15.9. The van der Waals surface area contributed by atoms with Gasteiger partial charge in [-0.25, -0.2) is 9.50 Å². The highest BCUT2D eigenvalue weighted by atomic mass is 16.1. The zero-order chi connectivity index (χ0) is 15.2. The van der Waals surface area contributed by atoms with E-state index in [0.29, 0.717) is 17.9 Å². The Balaban J connectivity index is 1.49. The van der Waals surface area contributed by atoms with Gasteiger partial charge in [-0.3, -0.25) is 10.2 Å². The molecule has 2 heterocycles. The molecule has 3 aromatic rings. The van der Waals surface area contributed by atoms with Crippen molar-refractivity contribution in [2.75, 3.05) is 12.0 Å². The number of anilines is 1. The summed E-state index contributed by atoms with van der Waals surface area (Å²) in [5.74, 6) is 0.459. The average Bonchev–Trinajstić information content (AvgIpc) is 3.03. The maximum atomic E-state index is 11.8. The lowest BCUT2D eigenvalue weighted by atomic mass is 10.2. The Labute approximate surface area is 126 Å². The first-order valence-electron chi connectivity index (χ1n) is 6.74. The molecule has 0 bridgehead atoms. The van der Waals surface area contributed by atoms with Crippen LogP contribution >= 0.6 is 0 Å². The van der Waals surface area contributed by atoms with Gasteiger partial charge in [0.15, 0.2) is 11.5 Å². The molecule has 7 nitrogen and oxygen atoms in total. The molecular weight excluding hydrogens is 280 g/mol. The number of rotatable bonds is 5. The standard InChI is InChI=1S/C15H14N6O/c22-15(12-4-2-1-3-5-12)17-8-9-18-19-13-6-7-14-16-10-11-21(14)20-13/h1-7,9-11H,8H2,(H,17,22)(H,19,20)/b18-9+. The number of hydrogen-bond donors (Lipinski definition) is 2. The second kappa shape index (κ2) is 6.49. The van der Waals surface area contributed by atoms with Crippen LogP contribution in [0.25, 0.3) is 5.65 Å². The Morgan fingerprint density at radius 1 is 1.23 bits per heavy atom. The van der Waals surface area contributed by atoms with Crippen molar-refractivity contribution in [2.24, 2.45) is 5.10 Å². The molecule has 0 spiro atoms. The SMILES string of the molecule is O=C(NC/C=N/Nc1ccc2nccn2n1)c1ccccc1. The quantitative estimate of drug-likeness (QED) is 0.552. The lowest BCUT2D eigenvalue weighted by molar-refractivity contribution is 0.0959. The fourth-order valence-electron chi connectivity index (χ4n) is 1.86. The second-order valence-corrected chi connectivity index (χ2v) is 4.45. The van der Waals surface area contributed by atoms with Crippen LogP contribution < -0.4 is 10.7 Å². The summed E-state index contributed by atoms with van der Waals surface area (Å²) in [5, 5.41) is 11.0. The highest BCUT2D eigenvalue weighted by Crippen LogP contribution is 2.04. The molecule has 0 unspecified atom stereocenters. The van der Waals surface area contributed by atoms with Gasteiger partial charge in [-0.15, -0.1) is 5.10 Å². The van der Waals surface area contributed by atoms with Gasteiger partial charge in [0.1, 0.15) is 0 Å². The molecule has 0 aliphatic heterocycles. The Morgan fingerprint density at radius 3 is 2.95 bits per heavy atom. The number of nitrogens with zero attached hydrogens (tertiary/aromatic N) is 4. The van der Waals surface area contributed by atoms with Gasteiger partial charge >= 0.3 is 0 Å². The van der Waals surface area contributed by atoms with Gasteiger partial charge in [-0.2, -0.15) is 5.10 Å². The monoisotopic (exact) mass is 294 g/mol. The molecule has 2 N–H and O–H groups in total. The van der Waals surface area contributed by atoms with Crippen LogP contribution in [0.4, 0.5) is 5.82 Å². The zero-order valence-electron chi connectivity index (χ0n) is 11.7. The Bertz CT molecular complexity index is 796. The zero-order valence-corrected chi connectivity index (χ0v) is 11.7. The van der Waals surface area contributed by atoms with Gasteiger partial charge in [-0.05, 0) is 24.3 Å². The number of carbonyl (C=O) groups excluding carboxylic acids is 1. The fraction of sp³-hybridized carbons (Fsp3) is 0.0667. The number of fused-ring (bicyclic) bond motifs is 1. The maximum absolute atomic E-state index is 11.8. The lowest BCUT2D eigenvalue weighted by Crippen LogP contribution is -2.25. The maximum Gasteiger partial charge on any atom is 0.251 e. The van der Waals surface area contributed by atoms with E-state index < -0.39 is 0 Å². The van der Waals surface area contributed by atoms with Crippen molar-refractivity contribution in [1.29, 1.82) is 0 Å². The van der Waals surface area contributed by atoms with E-state index in [9.17, 15) is 4.79 Å². The molecule has 0 aliphatic carbocycles. The molecule has 0 saturated heterocycles. The average molecular weight is 294 g/mol. The number of hydrazone groups is 1. The van der Waals surface area contributed by atoms with E-state index in [0.717, 1.165) is 5.65 Å². The van der Waals surface area contributed by atoms with Crippen molar-refractivity contribution in [3.05, 3.63) is 60.4 Å². The van der Waals surface area contributed by atoms with Gasteiger partial charge in [0, 0.05) is 24.2 Å². The van der Waals surface area contributed by atoms with E-state index >= 15 is 0 Å². The lowest BCUT2D eigenvalue weighted by Gasteiger charge is -2.02. The minimum Gasteiger partial charge on any atom is -0.347 e. The van der Waals surface area contributed by atoms with Gasteiger partial charge in [0.25, 0.3) is 5.91 Å². The van der Waals surface area contributed by atoms with Crippen LogP contribution in [-0.4, -0.2) is 33.3 Å². The van der Waals surface area contributed by atoms with E-state index in [1.807, 2.05) is 24.3 Å². The summed E-state index contributed by atoms with van der Waals surface area (Å²) in [6.45, 7) is 0.327. The Morgan fingerprint density at radius 2 is 2.09 bits per heavy atom. The molecule has 0 saturated carbocycles. The molecule has 110 valence electrons. The molecule has 0 fully saturated rings. The minimum absolute atomic E-state index is 0.134. The van der Waals surface area contributed by atoms with Crippen LogP contribution in [0.15, 0.2) is 60.0 Å². The van der Waals surface area contributed by atoms with E-state index in [4.69, 9.17) is 0 Å². The number of benzene rings is 1. The fourth-order valence-corrected chi connectivity index (χ4v) is 1.86. The first-order valence-corrected chi connectivity index (χ1v) is 6.74. The number of nitrogens with one attached hydrogen (secondary N) is 2. The largest absolute Gasteiger partial charge is 0.347 e.